The van der Waals surface area contributed by atoms with Crippen LogP contribution in [0.1, 0.15) is 38.3 Å². The van der Waals surface area contributed by atoms with Gasteiger partial charge in [0, 0.05) is 31.5 Å². The summed E-state index contributed by atoms with van der Waals surface area (Å²) in [5, 5.41) is 16.5. The Balaban J connectivity index is 1.82. The molecule has 2 aromatic rings. The molecule has 1 aliphatic heterocycles. The van der Waals surface area contributed by atoms with Gasteiger partial charge >= 0.3 is 12.0 Å². The summed E-state index contributed by atoms with van der Waals surface area (Å²) in [4.78, 5) is 33.7. The van der Waals surface area contributed by atoms with Gasteiger partial charge in [0.25, 0.3) is 5.95 Å². The number of aromatic nitrogens is 4. The summed E-state index contributed by atoms with van der Waals surface area (Å²) in [7, 11) is 0. The first-order valence-electron chi connectivity index (χ1n) is 8.61. The monoisotopic (exact) mass is 358 g/mol. The lowest BCUT2D eigenvalue weighted by atomic mass is 9.99. The van der Waals surface area contributed by atoms with E-state index in [4.69, 9.17) is 0 Å². The van der Waals surface area contributed by atoms with Gasteiger partial charge in [-0.3, -0.25) is 10.1 Å². The van der Waals surface area contributed by atoms with E-state index >= 15 is 0 Å². The van der Waals surface area contributed by atoms with Gasteiger partial charge in [-0.1, -0.05) is 13.8 Å². The van der Waals surface area contributed by atoms with Crippen LogP contribution < -0.4 is 5.32 Å². The summed E-state index contributed by atoms with van der Waals surface area (Å²) in [6.07, 6.45) is 4.47. The third-order valence-corrected chi connectivity index (χ3v) is 4.35. The molecular formula is C17H22N6O3. The number of piperidine rings is 1. The number of carbonyl (C=O) groups is 2. The zero-order valence-electron chi connectivity index (χ0n) is 14.8. The summed E-state index contributed by atoms with van der Waals surface area (Å²) < 4.78 is 1.49. The Hall–Kier alpha value is -2.97. The van der Waals surface area contributed by atoms with Crippen molar-refractivity contribution < 1.29 is 14.7 Å². The summed E-state index contributed by atoms with van der Waals surface area (Å²) in [5.74, 6) is -0.406. The lowest BCUT2D eigenvalue weighted by Crippen LogP contribution is -2.44. The van der Waals surface area contributed by atoms with E-state index in [1.54, 1.807) is 24.5 Å². The van der Waals surface area contributed by atoms with Crippen molar-refractivity contribution >= 4 is 17.8 Å². The number of carboxylic acid groups (broad SMARTS) is 1. The molecule has 0 spiro atoms. The molecule has 2 N–H and O–H groups in total. The molecule has 1 atom stereocenters. The van der Waals surface area contributed by atoms with Crippen LogP contribution in [0.25, 0.3) is 5.95 Å². The van der Waals surface area contributed by atoms with Crippen LogP contribution in [0.2, 0.25) is 0 Å². The highest BCUT2D eigenvalue weighted by Gasteiger charge is 2.29. The predicted octanol–water partition coefficient (Wildman–Crippen LogP) is 2.11. The van der Waals surface area contributed by atoms with Crippen molar-refractivity contribution in [2.45, 2.75) is 32.6 Å². The SMILES string of the molecule is CC(C)c1cc(NC(=O)N2CCCC(C(=O)O)C2)n(-c2ncccn2)n1. The van der Waals surface area contributed by atoms with Crippen LogP contribution in [0.4, 0.5) is 10.6 Å². The van der Waals surface area contributed by atoms with E-state index in [0.29, 0.717) is 31.2 Å². The highest BCUT2D eigenvalue weighted by Crippen LogP contribution is 2.22. The first-order valence-corrected chi connectivity index (χ1v) is 8.61. The summed E-state index contributed by atoms with van der Waals surface area (Å²) >= 11 is 0. The maximum atomic E-state index is 12.6. The number of aliphatic carboxylic acids is 1. The van der Waals surface area contributed by atoms with Gasteiger partial charge < -0.3 is 10.0 Å². The molecule has 138 valence electrons. The second-order valence-electron chi connectivity index (χ2n) is 6.62. The molecule has 1 aliphatic rings. The minimum Gasteiger partial charge on any atom is -0.481 e. The fourth-order valence-electron chi connectivity index (χ4n) is 2.88. The number of hydrogen-bond acceptors (Lipinski definition) is 5. The standard InChI is InChI=1S/C17H22N6O3/c1-11(2)13-9-14(23(21-13)16-18-6-4-7-19-16)20-17(26)22-8-3-5-12(10-22)15(24)25/h4,6-7,9,11-12H,3,5,8,10H2,1-2H3,(H,20,26)(H,24,25). The number of amides is 2. The van der Waals surface area contributed by atoms with Gasteiger partial charge in [0.2, 0.25) is 0 Å². The minimum absolute atomic E-state index is 0.169. The van der Waals surface area contributed by atoms with Gasteiger partial charge in [-0.15, -0.1) is 0 Å². The van der Waals surface area contributed by atoms with Crippen molar-refractivity contribution in [3.63, 3.8) is 0 Å². The van der Waals surface area contributed by atoms with Gasteiger partial charge in [-0.25, -0.2) is 14.8 Å². The Bertz CT molecular complexity index is 789. The van der Waals surface area contributed by atoms with Crippen LogP contribution in [0.15, 0.2) is 24.5 Å². The molecule has 1 saturated heterocycles. The van der Waals surface area contributed by atoms with Gasteiger partial charge in [-0.2, -0.15) is 9.78 Å². The summed E-state index contributed by atoms with van der Waals surface area (Å²) in [6, 6.07) is 3.15. The Kier molecular flexibility index (Phi) is 5.15. The number of anilines is 1. The molecule has 2 aromatic heterocycles. The molecule has 0 saturated carbocycles. The van der Waals surface area contributed by atoms with Crippen molar-refractivity contribution in [3.8, 4) is 5.95 Å². The van der Waals surface area contributed by atoms with Crippen LogP contribution in [0, 0.1) is 5.92 Å². The molecule has 0 aromatic carbocycles. The third-order valence-electron chi connectivity index (χ3n) is 4.35. The number of rotatable bonds is 4. The van der Waals surface area contributed by atoms with Crippen LogP contribution in [0.3, 0.4) is 0 Å². The van der Waals surface area contributed by atoms with E-state index in [1.165, 1.54) is 9.58 Å². The van der Waals surface area contributed by atoms with Gasteiger partial charge in [-0.05, 0) is 24.8 Å². The number of carboxylic acids is 1. The van der Waals surface area contributed by atoms with Crippen LogP contribution in [0.5, 0.6) is 0 Å². The Morgan fingerprint density at radius 1 is 1.31 bits per heavy atom. The van der Waals surface area contributed by atoms with Crippen molar-refractivity contribution in [1.29, 1.82) is 0 Å². The molecule has 1 fully saturated rings. The molecule has 0 bridgehead atoms. The zero-order valence-corrected chi connectivity index (χ0v) is 14.8. The Morgan fingerprint density at radius 3 is 2.69 bits per heavy atom. The van der Waals surface area contributed by atoms with Crippen molar-refractivity contribution in [1.82, 2.24) is 24.6 Å². The topological polar surface area (TPSA) is 113 Å². The van der Waals surface area contributed by atoms with Gasteiger partial charge in [0.15, 0.2) is 0 Å². The average Bonchev–Trinajstić information content (AvgIpc) is 3.06. The van der Waals surface area contributed by atoms with E-state index in [9.17, 15) is 14.7 Å². The van der Waals surface area contributed by atoms with Crippen molar-refractivity contribution in [2.24, 2.45) is 5.92 Å². The van der Waals surface area contributed by atoms with Crippen LogP contribution in [-0.4, -0.2) is 54.8 Å². The number of nitrogens with zero attached hydrogens (tertiary/aromatic N) is 5. The molecule has 9 nitrogen and oxygen atoms in total. The summed E-state index contributed by atoms with van der Waals surface area (Å²) in [5.41, 5.74) is 0.801. The van der Waals surface area contributed by atoms with E-state index in [1.807, 2.05) is 13.8 Å². The molecule has 9 heteroatoms. The fourth-order valence-corrected chi connectivity index (χ4v) is 2.88. The highest BCUT2D eigenvalue weighted by atomic mass is 16.4. The molecule has 3 rings (SSSR count). The zero-order chi connectivity index (χ0) is 18.7. The molecule has 0 radical (unpaired) electrons. The molecule has 3 heterocycles. The lowest BCUT2D eigenvalue weighted by molar-refractivity contribution is -0.143. The van der Waals surface area contributed by atoms with E-state index in [0.717, 1.165) is 5.69 Å². The Morgan fingerprint density at radius 2 is 2.04 bits per heavy atom. The molecule has 1 unspecified atom stereocenters. The quantitative estimate of drug-likeness (QED) is 0.865. The summed E-state index contributed by atoms with van der Waals surface area (Å²) in [6.45, 7) is 4.75. The largest absolute Gasteiger partial charge is 0.481 e. The Labute approximate surface area is 151 Å². The van der Waals surface area contributed by atoms with Crippen molar-refractivity contribution in [2.75, 3.05) is 18.4 Å². The minimum atomic E-state index is -0.868. The predicted molar refractivity (Wildman–Crippen MR) is 94.2 cm³/mol. The number of carbonyl (C=O) groups excluding carboxylic acids is 1. The number of likely N-dealkylation sites (tertiary alicyclic amines) is 1. The number of hydrogen-bond donors (Lipinski definition) is 2. The van der Waals surface area contributed by atoms with Gasteiger partial charge in [0.05, 0.1) is 11.6 Å². The maximum absolute atomic E-state index is 12.6. The first-order chi connectivity index (χ1) is 12.5. The maximum Gasteiger partial charge on any atom is 0.323 e. The molecule has 26 heavy (non-hydrogen) atoms. The highest BCUT2D eigenvalue weighted by molar-refractivity contribution is 5.89. The van der Waals surface area contributed by atoms with Gasteiger partial charge in [0.1, 0.15) is 5.82 Å². The van der Waals surface area contributed by atoms with Crippen LogP contribution >= 0.6 is 0 Å². The lowest BCUT2D eigenvalue weighted by Gasteiger charge is -2.30. The fraction of sp³-hybridized carbons (Fsp3) is 0.471. The molecule has 0 aliphatic carbocycles. The van der Waals surface area contributed by atoms with E-state index in [-0.39, 0.29) is 18.5 Å². The molecular weight excluding hydrogens is 336 g/mol. The number of urea groups is 1. The first kappa shape index (κ1) is 17.8. The van der Waals surface area contributed by atoms with Crippen molar-refractivity contribution in [3.05, 3.63) is 30.2 Å². The average molecular weight is 358 g/mol. The van der Waals surface area contributed by atoms with Crippen LogP contribution in [-0.2, 0) is 4.79 Å². The van der Waals surface area contributed by atoms with E-state index < -0.39 is 11.9 Å². The third kappa shape index (κ3) is 3.81. The second kappa shape index (κ2) is 7.51. The van der Waals surface area contributed by atoms with E-state index in [2.05, 4.69) is 20.4 Å². The smallest absolute Gasteiger partial charge is 0.323 e. The second-order valence-corrected chi connectivity index (χ2v) is 6.62. The molecule has 2 amide bonds. The number of nitrogens with one attached hydrogen (secondary N) is 1. The normalized spacial score (nSPS) is 17.3.